The molecule has 6 heteroatoms. The van der Waals surface area contributed by atoms with Crippen molar-refractivity contribution in [1.82, 2.24) is 9.78 Å². The number of halogens is 1. The molecule has 2 N–H and O–H groups in total. The van der Waals surface area contributed by atoms with Gasteiger partial charge >= 0.3 is 0 Å². The van der Waals surface area contributed by atoms with Crippen LogP contribution in [0.4, 0.5) is 5.82 Å². The summed E-state index contributed by atoms with van der Waals surface area (Å²) in [5, 5.41) is 3.95. The Morgan fingerprint density at radius 3 is 2.87 bits per heavy atom. The Balaban J connectivity index is 2.31. The van der Waals surface area contributed by atoms with E-state index in [1.165, 1.54) is 16.8 Å². The molecule has 78 valence electrons. The fourth-order valence-corrected chi connectivity index (χ4v) is 2.63. The van der Waals surface area contributed by atoms with E-state index in [1.807, 2.05) is 12.1 Å². The molecule has 0 bridgehead atoms. The van der Waals surface area contributed by atoms with Crippen LogP contribution < -0.4 is 11.3 Å². The minimum Gasteiger partial charge on any atom is -0.382 e. The topological polar surface area (TPSA) is 60.9 Å². The smallest absolute Gasteiger partial charge is 0.267 e. The molecule has 2 heterocycles. The van der Waals surface area contributed by atoms with E-state index in [0.717, 1.165) is 8.66 Å². The second-order valence-corrected chi connectivity index (χ2v) is 5.51. The number of nitrogens with zero attached hydrogens (tertiary/aromatic N) is 2. The molecule has 2 rings (SSSR count). The monoisotopic (exact) mass is 285 g/mol. The van der Waals surface area contributed by atoms with E-state index in [2.05, 4.69) is 21.0 Å². The van der Waals surface area contributed by atoms with Gasteiger partial charge in [0.25, 0.3) is 5.56 Å². The Morgan fingerprint density at radius 2 is 2.20 bits per heavy atom. The second kappa shape index (κ2) is 4.16. The molecule has 0 saturated heterocycles. The number of anilines is 1. The highest BCUT2D eigenvalue weighted by Crippen LogP contribution is 2.22. The summed E-state index contributed by atoms with van der Waals surface area (Å²) >= 11 is 4.94. The number of rotatable bonds is 2. The Hall–Kier alpha value is -1.14. The molecule has 0 radical (unpaired) electrons. The van der Waals surface area contributed by atoms with Crippen molar-refractivity contribution < 1.29 is 0 Å². The van der Waals surface area contributed by atoms with E-state index in [0.29, 0.717) is 12.4 Å². The van der Waals surface area contributed by atoms with Crippen molar-refractivity contribution in [2.45, 2.75) is 6.54 Å². The van der Waals surface area contributed by atoms with Crippen LogP contribution in [-0.2, 0) is 6.54 Å². The lowest BCUT2D eigenvalue weighted by atomic mass is 10.4. The predicted octanol–water partition coefficient (Wildman–Crippen LogP) is 1.70. The van der Waals surface area contributed by atoms with E-state index in [-0.39, 0.29) is 5.56 Å². The Kier molecular flexibility index (Phi) is 2.88. The molecule has 0 unspecified atom stereocenters. The van der Waals surface area contributed by atoms with Crippen molar-refractivity contribution in [2.75, 3.05) is 5.73 Å². The van der Waals surface area contributed by atoms with Gasteiger partial charge in [-0.1, -0.05) is 0 Å². The summed E-state index contributed by atoms with van der Waals surface area (Å²) in [6, 6.07) is 6.82. The molecule has 0 saturated carbocycles. The first kappa shape index (κ1) is 10.4. The highest BCUT2D eigenvalue weighted by Gasteiger charge is 2.02. The summed E-state index contributed by atoms with van der Waals surface area (Å²) in [7, 11) is 0. The molecule has 0 amide bonds. The van der Waals surface area contributed by atoms with Crippen molar-refractivity contribution in [3.05, 3.63) is 43.3 Å². The zero-order valence-electron chi connectivity index (χ0n) is 7.68. The van der Waals surface area contributed by atoms with Crippen LogP contribution in [0.2, 0.25) is 0 Å². The lowest BCUT2D eigenvalue weighted by Crippen LogP contribution is -2.22. The van der Waals surface area contributed by atoms with Gasteiger partial charge in [0.15, 0.2) is 0 Å². The fraction of sp³-hybridized carbons (Fsp3) is 0.111. The van der Waals surface area contributed by atoms with Gasteiger partial charge in [-0.2, -0.15) is 5.10 Å². The van der Waals surface area contributed by atoms with Crippen LogP contribution in [0.3, 0.4) is 0 Å². The van der Waals surface area contributed by atoms with Crippen LogP contribution >= 0.6 is 27.3 Å². The quantitative estimate of drug-likeness (QED) is 0.914. The number of aromatic nitrogens is 2. The number of hydrogen-bond donors (Lipinski definition) is 1. The van der Waals surface area contributed by atoms with Crippen molar-refractivity contribution in [3.8, 4) is 0 Å². The molecular formula is C9H8BrN3OS. The molecule has 0 aliphatic rings. The lowest BCUT2D eigenvalue weighted by molar-refractivity contribution is 0.651. The van der Waals surface area contributed by atoms with Crippen LogP contribution in [0.1, 0.15) is 4.88 Å². The molecule has 0 aliphatic carbocycles. The Morgan fingerprint density at radius 1 is 1.40 bits per heavy atom. The number of hydrogen-bond acceptors (Lipinski definition) is 4. The summed E-state index contributed by atoms with van der Waals surface area (Å²) in [5.41, 5.74) is 5.36. The third kappa shape index (κ3) is 2.45. The second-order valence-electron chi connectivity index (χ2n) is 2.96. The maximum absolute atomic E-state index is 11.4. The Labute approximate surface area is 98.5 Å². The molecule has 15 heavy (non-hydrogen) atoms. The largest absolute Gasteiger partial charge is 0.382 e. The third-order valence-electron chi connectivity index (χ3n) is 1.82. The van der Waals surface area contributed by atoms with Crippen LogP contribution in [-0.4, -0.2) is 9.78 Å². The molecule has 4 nitrogen and oxygen atoms in total. The molecule has 0 spiro atoms. The molecule has 2 aromatic rings. The first-order valence-electron chi connectivity index (χ1n) is 4.23. The minimum atomic E-state index is -0.145. The van der Waals surface area contributed by atoms with Crippen LogP contribution in [0.5, 0.6) is 0 Å². The van der Waals surface area contributed by atoms with Gasteiger partial charge in [-0.25, -0.2) is 4.68 Å². The summed E-state index contributed by atoms with van der Waals surface area (Å²) < 4.78 is 2.39. The maximum atomic E-state index is 11.4. The highest BCUT2D eigenvalue weighted by atomic mass is 79.9. The lowest BCUT2D eigenvalue weighted by Gasteiger charge is -2.02. The number of nitrogens with two attached hydrogens (primary N) is 1. The van der Waals surface area contributed by atoms with E-state index in [1.54, 1.807) is 11.3 Å². The zero-order chi connectivity index (χ0) is 10.8. The maximum Gasteiger partial charge on any atom is 0.267 e. The van der Waals surface area contributed by atoms with Gasteiger partial charge in [0.2, 0.25) is 0 Å². The van der Waals surface area contributed by atoms with Gasteiger partial charge in [0, 0.05) is 10.9 Å². The summed E-state index contributed by atoms with van der Waals surface area (Å²) in [4.78, 5) is 12.5. The SMILES string of the molecule is Nc1ccc(=O)n(Cc2ccc(Br)s2)n1. The molecule has 0 aromatic carbocycles. The normalized spacial score (nSPS) is 10.5. The fourth-order valence-electron chi connectivity index (χ4n) is 1.16. The molecule has 0 aliphatic heterocycles. The van der Waals surface area contributed by atoms with Gasteiger partial charge in [-0.05, 0) is 34.1 Å². The van der Waals surface area contributed by atoms with Crippen molar-refractivity contribution in [3.63, 3.8) is 0 Å². The van der Waals surface area contributed by atoms with Crippen LogP contribution in [0.25, 0.3) is 0 Å². The molecule has 0 fully saturated rings. The first-order valence-corrected chi connectivity index (χ1v) is 5.84. The number of nitrogen functional groups attached to an aromatic ring is 1. The van der Waals surface area contributed by atoms with Crippen LogP contribution in [0, 0.1) is 0 Å². The number of thiophene rings is 1. The van der Waals surface area contributed by atoms with E-state index in [9.17, 15) is 4.79 Å². The van der Waals surface area contributed by atoms with E-state index >= 15 is 0 Å². The summed E-state index contributed by atoms with van der Waals surface area (Å²) in [5.74, 6) is 0.352. The van der Waals surface area contributed by atoms with Crippen molar-refractivity contribution >= 4 is 33.1 Å². The van der Waals surface area contributed by atoms with Crippen LogP contribution in [0.15, 0.2) is 32.8 Å². The molecular weight excluding hydrogens is 278 g/mol. The minimum absolute atomic E-state index is 0.145. The predicted molar refractivity (Wildman–Crippen MR) is 64.0 cm³/mol. The zero-order valence-corrected chi connectivity index (χ0v) is 10.1. The standard InChI is InChI=1S/C9H8BrN3OS/c10-7-2-1-6(15-7)5-13-9(14)4-3-8(11)12-13/h1-4H,5H2,(H2,11,12). The summed E-state index contributed by atoms with van der Waals surface area (Å²) in [6.07, 6.45) is 0. The van der Waals surface area contributed by atoms with Gasteiger partial charge in [-0.15, -0.1) is 11.3 Å². The van der Waals surface area contributed by atoms with Gasteiger partial charge in [-0.3, -0.25) is 4.79 Å². The van der Waals surface area contributed by atoms with Gasteiger partial charge in [0.05, 0.1) is 10.3 Å². The first-order chi connectivity index (χ1) is 7.15. The van der Waals surface area contributed by atoms with Gasteiger partial charge < -0.3 is 5.73 Å². The van der Waals surface area contributed by atoms with E-state index < -0.39 is 0 Å². The van der Waals surface area contributed by atoms with Crippen molar-refractivity contribution in [1.29, 1.82) is 0 Å². The van der Waals surface area contributed by atoms with E-state index in [4.69, 9.17) is 5.73 Å². The highest BCUT2D eigenvalue weighted by molar-refractivity contribution is 9.11. The average Bonchev–Trinajstić information content (AvgIpc) is 2.58. The average molecular weight is 286 g/mol. The van der Waals surface area contributed by atoms with Gasteiger partial charge in [0.1, 0.15) is 5.82 Å². The molecule has 2 aromatic heterocycles. The molecule has 0 atom stereocenters. The summed E-state index contributed by atoms with van der Waals surface area (Å²) in [6.45, 7) is 0.458. The third-order valence-corrected chi connectivity index (χ3v) is 3.43. The van der Waals surface area contributed by atoms with Crippen molar-refractivity contribution in [2.24, 2.45) is 0 Å². The Bertz CT molecular complexity index is 534.